The van der Waals surface area contributed by atoms with E-state index in [1.165, 1.54) is 103 Å². The number of carbonyl (C=O) groups is 3. The van der Waals surface area contributed by atoms with Crippen LogP contribution >= 0.6 is 7.82 Å². The number of aliphatic hydroxyl groups is 10. The molecule has 1 aliphatic carbocycles. The van der Waals surface area contributed by atoms with E-state index < -0.39 is 156 Å². The zero-order valence-electron chi connectivity index (χ0n) is 57.3. The number of aliphatic hydroxyl groups excluding tert-OH is 10. The van der Waals surface area contributed by atoms with E-state index in [9.17, 15) is 74.9 Å². The summed E-state index contributed by atoms with van der Waals surface area (Å²) in [6, 6.07) is 0. The molecule has 0 amide bonds. The van der Waals surface area contributed by atoms with E-state index in [2.05, 4.69) is 32.9 Å². The van der Waals surface area contributed by atoms with Gasteiger partial charge in [-0.2, -0.15) is 0 Å². The number of hydrogen-bond donors (Lipinski definition) is 11. The zero-order chi connectivity index (χ0) is 68.9. The molecule has 0 aromatic carbocycles. The minimum Gasteiger partial charge on any atom is -0.463 e. The Bertz CT molecular complexity index is 2010. The second-order valence-electron chi connectivity index (χ2n) is 26.3. The van der Waals surface area contributed by atoms with Crippen LogP contribution in [0.4, 0.5) is 0 Å². The molecule has 24 nitrogen and oxygen atoms in total. The molecule has 2 heterocycles. The van der Waals surface area contributed by atoms with Crippen LogP contribution in [-0.4, -0.2) is 204 Å². The molecule has 11 N–H and O–H groups in total. The molecule has 18 unspecified atom stereocenters. The molecule has 0 bridgehead atoms. The molecule has 18 atom stereocenters. The first kappa shape index (κ1) is 85.9. The Morgan fingerprint density at radius 2 is 0.745 bits per heavy atom. The summed E-state index contributed by atoms with van der Waals surface area (Å²) >= 11 is 0. The molecule has 0 spiro atoms. The van der Waals surface area contributed by atoms with Gasteiger partial charge in [0.15, 0.2) is 18.7 Å². The molecule has 3 rings (SSSR count). The first-order valence-electron chi connectivity index (χ1n) is 36.5. The summed E-state index contributed by atoms with van der Waals surface area (Å²) in [7, 11) is -5.69. The molecule has 0 aromatic rings. The third-order valence-corrected chi connectivity index (χ3v) is 19.0. The van der Waals surface area contributed by atoms with Crippen LogP contribution in [0.15, 0.2) is 12.2 Å². The van der Waals surface area contributed by atoms with Crippen molar-refractivity contribution in [1.29, 1.82) is 0 Å². The molecule has 1 saturated carbocycles. The van der Waals surface area contributed by atoms with E-state index in [1.54, 1.807) is 0 Å². The first-order chi connectivity index (χ1) is 45.3. The van der Waals surface area contributed by atoms with Crippen LogP contribution in [0.2, 0.25) is 0 Å². The van der Waals surface area contributed by atoms with Crippen LogP contribution in [0.25, 0.3) is 0 Å². The van der Waals surface area contributed by atoms with Gasteiger partial charge in [-0.25, -0.2) is 4.57 Å². The number of allylic oxidation sites excluding steroid dienone is 2. The maximum absolute atomic E-state index is 14.3. The van der Waals surface area contributed by atoms with Gasteiger partial charge in [0, 0.05) is 19.3 Å². The predicted molar refractivity (Wildman–Crippen MR) is 352 cm³/mol. The lowest BCUT2D eigenvalue weighted by molar-refractivity contribution is -0.360. The Morgan fingerprint density at radius 1 is 0.404 bits per heavy atom. The van der Waals surface area contributed by atoms with Crippen molar-refractivity contribution in [3.63, 3.8) is 0 Å². The molecule has 0 aromatic heterocycles. The molecule has 552 valence electrons. The van der Waals surface area contributed by atoms with Gasteiger partial charge in [-0.15, -0.1) is 0 Å². The van der Waals surface area contributed by atoms with Gasteiger partial charge >= 0.3 is 25.7 Å². The maximum atomic E-state index is 14.3. The summed E-state index contributed by atoms with van der Waals surface area (Å²) in [6.07, 6.45) is 8.69. The average Bonchev–Trinajstić information content (AvgIpc) is 0.764. The third-order valence-electron chi connectivity index (χ3n) is 18.0. The third kappa shape index (κ3) is 35.1. The lowest BCUT2D eigenvalue weighted by atomic mass is 9.84. The molecule has 3 aliphatic rings. The SMILES string of the molecule is CCCCCC/C=C\CCCCCCCCCC(=O)OCC(COP(=O)(O)OC1C(OC2OC(CO)C(O)C(O)C2O)C(O)C(O)C(O)C1OC1OC(COC(=O)CCCCCCCCCCCCCC)C(O)C(O)C1O)OC(=O)CCCCCCCCCCCCCC. The molecule has 94 heavy (non-hydrogen) atoms. The van der Waals surface area contributed by atoms with Gasteiger partial charge in [-0.3, -0.25) is 23.4 Å². The van der Waals surface area contributed by atoms with Gasteiger partial charge < -0.3 is 89.1 Å². The predicted octanol–water partition coefficient (Wildman–Crippen LogP) is 9.18. The number of ether oxygens (including phenoxy) is 7. The van der Waals surface area contributed by atoms with Gasteiger partial charge in [0.2, 0.25) is 0 Å². The Kier molecular flexibility index (Phi) is 47.3. The molecule has 25 heteroatoms. The van der Waals surface area contributed by atoms with Gasteiger partial charge in [0.1, 0.15) is 98.7 Å². The molecule has 0 radical (unpaired) electrons. The van der Waals surface area contributed by atoms with Crippen molar-refractivity contribution in [2.75, 3.05) is 26.4 Å². The van der Waals surface area contributed by atoms with Gasteiger partial charge in [-0.1, -0.05) is 226 Å². The first-order valence-corrected chi connectivity index (χ1v) is 38.0. The van der Waals surface area contributed by atoms with Crippen LogP contribution in [0.1, 0.15) is 278 Å². The van der Waals surface area contributed by atoms with E-state index in [-0.39, 0.29) is 19.3 Å². The minimum atomic E-state index is -5.69. The maximum Gasteiger partial charge on any atom is 0.472 e. The molecule has 2 aliphatic heterocycles. The minimum absolute atomic E-state index is 0.0319. The number of phosphoric acid groups is 1. The number of unbranched alkanes of at least 4 members (excludes halogenated alkanes) is 33. The highest BCUT2D eigenvalue weighted by Gasteiger charge is 2.58. The van der Waals surface area contributed by atoms with Gasteiger partial charge in [0.25, 0.3) is 0 Å². The van der Waals surface area contributed by atoms with Crippen molar-refractivity contribution in [1.82, 2.24) is 0 Å². The molecular formula is C69H127O24P. The second kappa shape index (κ2) is 51.8. The summed E-state index contributed by atoms with van der Waals surface area (Å²) < 4.78 is 64.9. The van der Waals surface area contributed by atoms with Crippen molar-refractivity contribution in [3.05, 3.63) is 12.2 Å². The van der Waals surface area contributed by atoms with Crippen molar-refractivity contribution < 1.29 is 117 Å². The lowest BCUT2D eigenvalue weighted by Crippen LogP contribution is -2.69. The smallest absolute Gasteiger partial charge is 0.463 e. The van der Waals surface area contributed by atoms with E-state index in [0.717, 1.165) is 116 Å². The van der Waals surface area contributed by atoms with E-state index in [0.29, 0.717) is 19.3 Å². The second-order valence-corrected chi connectivity index (χ2v) is 27.7. The van der Waals surface area contributed by atoms with E-state index >= 15 is 0 Å². The number of rotatable bonds is 56. The van der Waals surface area contributed by atoms with Crippen molar-refractivity contribution in [2.24, 2.45) is 0 Å². The average molecular weight is 1370 g/mol. The quantitative estimate of drug-likeness (QED) is 0.00888. The normalized spacial score (nSPS) is 28.3. The largest absolute Gasteiger partial charge is 0.472 e. The Labute approximate surface area is 561 Å². The Hall–Kier alpha value is -2.30. The summed E-state index contributed by atoms with van der Waals surface area (Å²) in [5.41, 5.74) is 0. The standard InChI is InChI=1S/C69H127O24P/c1-4-7-10-13-16-19-22-25-26-27-30-32-34-37-40-43-53(71)85-47-50(88-55(73)45-42-39-36-33-29-24-21-18-15-12-9-6-3)48-87-94(83,84)93-67-65(91-68-63(81)58(76)56(74)51(46-70)89-68)61(79)60(78)62(80)66(67)92-69-64(82)59(77)57(75)52(90-69)49-86-54(72)44-41-38-35-31-28-23-20-17-14-11-8-5-2/h19,22,50-52,56-70,74-82H,4-18,20-21,23-49H2,1-3H3,(H,83,84)/b22-19-. The van der Waals surface area contributed by atoms with Crippen LogP contribution in [-0.2, 0) is 61.2 Å². The molecular weight excluding hydrogens is 1240 g/mol. The summed E-state index contributed by atoms with van der Waals surface area (Å²) in [5.74, 6) is -1.99. The summed E-state index contributed by atoms with van der Waals surface area (Å²) in [4.78, 5) is 50.9. The Balaban J connectivity index is 1.75. The van der Waals surface area contributed by atoms with Crippen molar-refractivity contribution in [3.8, 4) is 0 Å². The number of phosphoric ester groups is 1. The fraction of sp³-hybridized carbons (Fsp3) is 0.928. The topological polar surface area (TPSA) is 374 Å². The fourth-order valence-electron chi connectivity index (χ4n) is 12.0. The van der Waals surface area contributed by atoms with E-state index in [1.807, 2.05) is 0 Å². The fourth-order valence-corrected chi connectivity index (χ4v) is 13.0. The number of carbonyl (C=O) groups excluding carboxylic acids is 3. The summed E-state index contributed by atoms with van der Waals surface area (Å²) in [5, 5.41) is 110. The van der Waals surface area contributed by atoms with Crippen LogP contribution in [0.3, 0.4) is 0 Å². The molecule has 2 saturated heterocycles. The van der Waals surface area contributed by atoms with Crippen LogP contribution in [0.5, 0.6) is 0 Å². The highest BCUT2D eigenvalue weighted by atomic mass is 31.2. The highest BCUT2D eigenvalue weighted by Crippen LogP contribution is 2.49. The van der Waals surface area contributed by atoms with E-state index in [4.69, 9.17) is 42.2 Å². The van der Waals surface area contributed by atoms with Crippen LogP contribution < -0.4 is 0 Å². The molecule has 3 fully saturated rings. The lowest BCUT2D eigenvalue weighted by Gasteiger charge is -2.49. The highest BCUT2D eigenvalue weighted by molar-refractivity contribution is 7.47. The van der Waals surface area contributed by atoms with Gasteiger partial charge in [0.05, 0.1) is 13.2 Å². The monoisotopic (exact) mass is 1370 g/mol. The number of esters is 3. The Morgan fingerprint density at radius 3 is 1.16 bits per heavy atom. The van der Waals surface area contributed by atoms with Gasteiger partial charge in [-0.05, 0) is 44.9 Å². The van der Waals surface area contributed by atoms with Crippen molar-refractivity contribution >= 4 is 25.7 Å². The summed E-state index contributed by atoms with van der Waals surface area (Å²) in [6.45, 7) is 3.41. The van der Waals surface area contributed by atoms with Crippen molar-refractivity contribution in [2.45, 2.75) is 382 Å². The zero-order valence-corrected chi connectivity index (χ0v) is 58.2. The van der Waals surface area contributed by atoms with Crippen LogP contribution in [0, 0.1) is 0 Å². The number of hydrogen-bond acceptors (Lipinski definition) is 23.